The first-order valence-corrected chi connectivity index (χ1v) is 4.60. The zero-order valence-corrected chi connectivity index (χ0v) is 8.25. The van der Waals surface area contributed by atoms with Gasteiger partial charge in [-0.1, -0.05) is 13.8 Å². The summed E-state index contributed by atoms with van der Waals surface area (Å²) in [7, 11) is 0. The standard InChI is InChI=1S/C10H17N3/c1-8(2)6-12-7-10-9(11)4-3-5-13-10/h3-5,8,12H,6-7,11H2,1-2H3. The lowest BCUT2D eigenvalue weighted by Gasteiger charge is -2.07. The molecule has 72 valence electrons. The number of pyridine rings is 1. The topological polar surface area (TPSA) is 50.9 Å². The molecule has 0 amide bonds. The lowest BCUT2D eigenvalue weighted by atomic mass is 10.2. The molecule has 0 fully saturated rings. The number of anilines is 1. The number of nitrogen functional groups attached to an aromatic ring is 1. The van der Waals surface area contributed by atoms with Crippen LogP contribution in [0.1, 0.15) is 19.5 Å². The monoisotopic (exact) mass is 179 g/mol. The van der Waals surface area contributed by atoms with E-state index in [0.717, 1.165) is 24.5 Å². The Balaban J connectivity index is 2.41. The molecule has 3 nitrogen and oxygen atoms in total. The van der Waals surface area contributed by atoms with E-state index in [2.05, 4.69) is 24.1 Å². The molecule has 0 aliphatic heterocycles. The summed E-state index contributed by atoms with van der Waals surface area (Å²) in [5, 5.41) is 3.30. The number of hydrogen-bond donors (Lipinski definition) is 2. The van der Waals surface area contributed by atoms with Crippen LogP contribution in [-0.2, 0) is 6.54 Å². The lowest BCUT2D eigenvalue weighted by Crippen LogP contribution is -2.20. The van der Waals surface area contributed by atoms with Crippen molar-refractivity contribution in [3.05, 3.63) is 24.0 Å². The van der Waals surface area contributed by atoms with Crippen LogP contribution in [0, 0.1) is 5.92 Å². The van der Waals surface area contributed by atoms with E-state index in [9.17, 15) is 0 Å². The number of nitrogens with two attached hydrogens (primary N) is 1. The molecular weight excluding hydrogens is 162 g/mol. The van der Waals surface area contributed by atoms with Crippen LogP contribution in [0.25, 0.3) is 0 Å². The average molecular weight is 179 g/mol. The minimum atomic E-state index is 0.657. The molecule has 0 unspecified atom stereocenters. The second kappa shape index (κ2) is 4.82. The fourth-order valence-electron chi connectivity index (χ4n) is 1.08. The number of aromatic nitrogens is 1. The van der Waals surface area contributed by atoms with Crippen molar-refractivity contribution in [1.29, 1.82) is 0 Å². The molecule has 1 aromatic rings. The van der Waals surface area contributed by atoms with E-state index in [-0.39, 0.29) is 0 Å². The quantitative estimate of drug-likeness (QED) is 0.734. The molecule has 0 aliphatic rings. The van der Waals surface area contributed by atoms with Gasteiger partial charge in [0.15, 0.2) is 0 Å². The van der Waals surface area contributed by atoms with Crippen molar-refractivity contribution >= 4 is 5.69 Å². The molecule has 3 heteroatoms. The van der Waals surface area contributed by atoms with Crippen molar-refractivity contribution in [2.24, 2.45) is 5.92 Å². The summed E-state index contributed by atoms with van der Waals surface area (Å²) >= 11 is 0. The van der Waals surface area contributed by atoms with E-state index in [1.54, 1.807) is 6.20 Å². The highest BCUT2D eigenvalue weighted by Gasteiger charge is 1.99. The fraction of sp³-hybridized carbons (Fsp3) is 0.500. The van der Waals surface area contributed by atoms with Gasteiger partial charge in [0, 0.05) is 12.7 Å². The first-order chi connectivity index (χ1) is 6.20. The Morgan fingerprint density at radius 1 is 1.54 bits per heavy atom. The van der Waals surface area contributed by atoms with E-state index in [4.69, 9.17) is 5.73 Å². The Hall–Kier alpha value is -1.09. The van der Waals surface area contributed by atoms with Crippen molar-refractivity contribution < 1.29 is 0 Å². The Morgan fingerprint density at radius 2 is 2.31 bits per heavy atom. The average Bonchev–Trinajstić information content (AvgIpc) is 2.08. The van der Waals surface area contributed by atoms with E-state index in [0.29, 0.717) is 5.92 Å². The summed E-state index contributed by atoms with van der Waals surface area (Å²) < 4.78 is 0. The maximum atomic E-state index is 5.73. The van der Waals surface area contributed by atoms with Gasteiger partial charge in [0.1, 0.15) is 0 Å². The van der Waals surface area contributed by atoms with Crippen molar-refractivity contribution in [2.45, 2.75) is 20.4 Å². The first kappa shape index (κ1) is 9.99. The molecular formula is C10H17N3. The summed E-state index contributed by atoms with van der Waals surface area (Å²) in [4.78, 5) is 4.19. The lowest BCUT2D eigenvalue weighted by molar-refractivity contribution is 0.549. The van der Waals surface area contributed by atoms with Crippen molar-refractivity contribution in [1.82, 2.24) is 10.3 Å². The molecule has 0 aliphatic carbocycles. The van der Waals surface area contributed by atoms with Crippen LogP contribution in [0.2, 0.25) is 0 Å². The Kier molecular flexibility index (Phi) is 3.71. The maximum absolute atomic E-state index is 5.73. The third-order valence-electron chi connectivity index (χ3n) is 1.77. The van der Waals surface area contributed by atoms with Crippen molar-refractivity contribution in [2.75, 3.05) is 12.3 Å². The summed E-state index contributed by atoms with van der Waals surface area (Å²) in [6.07, 6.45) is 1.77. The van der Waals surface area contributed by atoms with Gasteiger partial charge in [0.2, 0.25) is 0 Å². The molecule has 0 atom stereocenters. The van der Waals surface area contributed by atoms with Crippen LogP contribution in [-0.4, -0.2) is 11.5 Å². The van der Waals surface area contributed by atoms with Crippen molar-refractivity contribution in [3.63, 3.8) is 0 Å². The predicted octanol–water partition coefficient (Wildman–Crippen LogP) is 1.41. The van der Waals surface area contributed by atoms with Gasteiger partial charge in [-0.25, -0.2) is 0 Å². The Bertz CT molecular complexity index is 258. The molecule has 1 aromatic heterocycles. The largest absolute Gasteiger partial charge is 0.397 e. The molecule has 0 bridgehead atoms. The SMILES string of the molecule is CC(C)CNCc1ncccc1N. The molecule has 1 heterocycles. The summed E-state index contributed by atoms with van der Waals surface area (Å²) in [5.41, 5.74) is 7.43. The third-order valence-corrected chi connectivity index (χ3v) is 1.77. The highest BCUT2D eigenvalue weighted by Crippen LogP contribution is 2.05. The zero-order chi connectivity index (χ0) is 9.68. The zero-order valence-electron chi connectivity index (χ0n) is 8.25. The molecule has 0 spiro atoms. The Morgan fingerprint density at radius 3 is 2.92 bits per heavy atom. The number of nitrogens with zero attached hydrogens (tertiary/aromatic N) is 1. The second-order valence-electron chi connectivity index (χ2n) is 3.56. The van der Waals surface area contributed by atoms with Crippen LogP contribution in [0.3, 0.4) is 0 Å². The maximum Gasteiger partial charge on any atom is 0.0770 e. The third kappa shape index (κ3) is 3.42. The molecule has 0 aromatic carbocycles. The normalized spacial score (nSPS) is 10.7. The minimum Gasteiger partial charge on any atom is -0.397 e. The fourth-order valence-corrected chi connectivity index (χ4v) is 1.08. The summed E-state index contributed by atoms with van der Waals surface area (Å²) in [6.45, 7) is 6.10. The van der Waals surface area contributed by atoms with Crippen LogP contribution >= 0.6 is 0 Å². The van der Waals surface area contributed by atoms with Crippen LogP contribution in [0.15, 0.2) is 18.3 Å². The number of hydrogen-bond acceptors (Lipinski definition) is 3. The van der Waals surface area contributed by atoms with Crippen LogP contribution in [0.5, 0.6) is 0 Å². The molecule has 0 radical (unpaired) electrons. The minimum absolute atomic E-state index is 0.657. The highest BCUT2D eigenvalue weighted by molar-refractivity contribution is 5.41. The van der Waals surface area contributed by atoms with E-state index in [1.165, 1.54) is 0 Å². The summed E-state index contributed by atoms with van der Waals surface area (Å²) in [6, 6.07) is 3.72. The van der Waals surface area contributed by atoms with Gasteiger partial charge in [-0.15, -0.1) is 0 Å². The van der Waals surface area contributed by atoms with Gasteiger partial charge in [0.25, 0.3) is 0 Å². The van der Waals surface area contributed by atoms with Gasteiger partial charge in [-0.05, 0) is 24.6 Å². The molecule has 1 rings (SSSR count). The highest BCUT2D eigenvalue weighted by atomic mass is 14.9. The predicted molar refractivity (Wildman–Crippen MR) is 55.2 cm³/mol. The summed E-state index contributed by atoms with van der Waals surface area (Å²) in [5.74, 6) is 0.657. The molecule has 13 heavy (non-hydrogen) atoms. The second-order valence-corrected chi connectivity index (χ2v) is 3.56. The molecule has 3 N–H and O–H groups in total. The molecule has 0 saturated carbocycles. The van der Waals surface area contributed by atoms with Gasteiger partial charge in [-0.3, -0.25) is 4.98 Å². The smallest absolute Gasteiger partial charge is 0.0770 e. The number of nitrogens with one attached hydrogen (secondary N) is 1. The van der Waals surface area contributed by atoms with Gasteiger partial charge in [-0.2, -0.15) is 0 Å². The molecule has 0 saturated heterocycles. The van der Waals surface area contributed by atoms with E-state index in [1.807, 2.05) is 12.1 Å². The number of rotatable bonds is 4. The van der Waals surface area contributed by atoms with Gasteiger partial charge >= 0.3 is 0 Å². The van der Waals surface area contributed by atoms with Crippen LogP contribution in [0.4, 0.5) is 5.69 Å². The van der Waals surface area contributed by atoms with Gasteiger partial charge in [0.05, 0.1) is 11.4 Å². The van der Waals surface area contributed by atoms with E-state index >= 15 is 0 Å². The first-order valence-electron chi connectivity index (χ1n) is 4.60. The van der Waals surface area contributed by atoms with Crippen molar-refractivity contribution in [3.8, 4) is 0 Å². The van der Waals surface area contributed by atoms with Crippen LogP contribution < -0.4 is 11.1 Å². The van der Waals surface area contributed by atoms with E-state index < -0.39 is 0 Å². The van der Waals surface area contributed by atoms with Gasteiger partial charge < -0.3 is 11.1 Å². The Labute approximate surface area is 79.4 Å².